The van der Waals surface area contributed by atoms with Crippen LogP contribution in [0.3, 0.4) is 0 Å². The SMILES string of the molecule is C.COC(=O)CCc1ccc(NC(=O)c2cn(COCC[Si](C)(C)C)c(-c3c(-c4ccc(F)cc4)ncn3C(C)C)n2)cc1.COC(=O)CCc1ccc(NC(=O)c2cnc(-c3c(-c4ccc(F)cc4)ncn3C(C)C)[nH]2)cc1.F. The van der Waals surface area contributed by atoms with Crippen LogP contribution in [0.15, 0.2) is 122 Å². The van der Waals surface area contributed by atoms with Gasteiger partial charge in [-0.25, -0.2) is 28.7 Å². The predicted molar refractivity (Wildman–Crippen MR) is 308 cm³/mol. The summed E-state index contributed by atoms with van der Waals surface area (Å²) >= 11 is 0. The van der Waals surface area contributed by atoms with Crippen molar-refractivity contribution in [2.24, 2.45) is 0 Å². The number of amides is 2. The molecule has 0 aliphatic carbocycles. The topological polar surface area (TPSA) is 202 Å². The van der Waals surface area contributed by atoms with Crippen LogP contribution in [0.4, 0.5) is 24.9 Å². The third-order valence-corrected chi connectivity index (χ3v) is 14.2. The van der Waals surface area contributed by atoms with E-state index in [4.69, 9.17) is 14.5 Å². The number of nitrogens with one attached hydrogen (secondary N) is 3. The Kier molecular flexibility index (Phi) is 22.2. The highest BCUT2D eigenvalue weighted by atomic mass is 28.3. The Morgan fingerprint density at radius 3 is 1.57 bits per heavy atom. The minimum atomic E-state index is -1.30. The fraction of sp³-hybridized carbons (Fsp3) is 0.322. The number of carbonyl (C=O) groups is 4. The van der Waals surface area contributed by atoms with Crippen molar-refractivity contribution < 1.29 is 46.9 Å². The highest BCUT2D eigenvalue weighted by Crippen LogP contribution is 2.35. The van der Waals surface area contributed by atoms with Gasteiger partial charge in [-0.15, -0.1) is 0 Å². The van der Waals surface area contributed by atoms with E-state index in [1.807, 2.05) is 65.7 Å². The predicted octanol–water partition coefficient (Wildman–Crippen LogP) is 12.6. The minimum absolute atomic E-state index is 0. The Bertz CT molecular complexity index is 3310. The van der Waals surface area contributed by atoms with Gasteiger partial charge in [0.25, 0.3) is 11.8 Å². The van der Waals surface area contributed by atoms with Gasteiger partial charge in [-0.1, -0.05) is 51.3 Å². The number of H-pyrrole nitrogens is 1. The number of carbonyl (C=O) groups excluding carboxylic acids is 4. The molecule has 0 saturated heterocycles. The molecule has 3 N–H and O–H groups in total. The maximum Gasteiger partial charge on any atom is 0.305 e. The number of imidazole rings is 4. The van der Waals surface area contributed by atoms with Gasteiger partial charge >= 0.3 is 11.9 Å². The number of hydrogen-bond acceptors (Lipinski definition) is 11. The van der Waals surface area contributed by atoms with Gasteiger partial charge in [-0.3, -0.25) is 23.9 Å². The Labute approximate surface area is 465 Å². The summed E-state index contributed by atoms with van der Waals surface area (Å²) < 4.78 is 48.4. The number of hydrogen-bond donors (Lipinski definition) is 3. The molecule has 2 amide bonds. The lowest BCUT2D eigenvalue weighted by molar-refractivity contribution is -0.141. The summed E-state index contributed by atoms with van der Waals surface area (Å²) in [5, 5.41) is 5.76. The molecular formula is C59H71F3N10O7Si. The lowest BCUT2D eigenvalue weighted by Gasteiger charge is -2.17. The zero-order valence-electron chi connectivity index (χ0n) is 45.8. The summed E-state index contributed by atoms with van der Waals surface area (Å²) in [5.74, 6) is -0.893. The third-order valence-electron chi connectivity index (χ3n) is 12.5. The van der Waals surface area contributed by atoms with Crippen LogP contribution in [0, 0.1) is 11.6 Å². The van der Waals surface area contributed by atoms with Crippen LogP contribution in [0.2, 0.25) is 25.7 Å². The normalized spacial score (nSPS) is 11.1. The second kappa shape index (κ2) is 28.4. The molecule has 0 aliphatic rings. The highest BCUT2D eigenvalue weighted by molar-refractivity contribution is 6.76. The molecular weight excluding hydrogens is 1050 g/mol. The standard InChI is InChI=1S/C32H40FN5O4Si.C26H26FN5O3.CH4.FH/c1-22(2)38-20-34-29(24-10-12-25(33)13-11-24)30(38)31-36-27(19-37(31)21-42-17-18-43(4,5)6)32(40)35-26-14-7-23(8-15-26)9-16-28(39)41-3;1-16(2)32-15-29-23(18-7-9-19(27)10-8-18)24(32)25-28-14-21(31-25)26(34)30-20-11-4-17(5-12-20)6-13-22(33)35-3;;/h7-8,10-15,19-20,22H,9,16-18,21H2,1-6H3,(H,35,40);4-5,7-12,14-16H,6,13H2,1-3H3,(H,28,31)(H,30,34);1H4;1H. The first kappa shape index (κ1) is 62.4. The Balaban J connectivity index is 0.000000292. The van der Waals surface area contributed by atoms with Crippen LogP contribution in [0.1, 0.15) is 92.2 Å². The maximum atomic E-state index is 13.7. The second-order valence-electron chi connectivity index (χ2n) is 20.3. The zero-order chi connectivity index (χ0) is 56.1. The number of aromatic amines is 1. The molecule has 4 aromatic carbocycles. The fourth-order valence-electron chi connectivity index (χ4n) is 8.11. The van der Waals surface area contributed by atoms with Crippen LogP contribution in [0.5, 0.6) is 0 Å². The van der Waals surface area contributed by atoms with Gasteiger partial charge in [0.05, 0.1) is 44.5 Å². The van der Waals surface area contributed by atoms with E-state index in [1.165, 1.54) is 44.7 Å². The summed E-state index contributed by atoms with van der Waals surface area (Å²) in [6.07, 6.45) is 8.31. The lowest BCUT2D eigenvalue weighted by atomic mass is 10.1. The number of aryl methyl sites for hydroxylation is 2. The van der Waals surface area contributed by atoms with Crippen LogP contribution in [-0.4, -0.2) is 91.3 Å². The molecule has 0 radical (unpaired) electrons. The van der Waals surface area contributed by atoms with E-state index in [2.05, 4.69) is 54.9 Å². The Hall–Kier alpha value is -8.43. The molecule has 424 valence electrons. The molecule has 8 aromatic rings. The second-order valence-corrected chi connectivity index (χ2v) is 25.9. The highest BCUT2D eigenvalue weighted by Gasteiger charge is 2.26. The van der Waals surface area contributed by atoms with Crippen molar-refractivity contribution in [1.82, 2.24) is 38.6 Å². The van der Waals surface area contributed by atoms with Gasteiger partial charge in [-0.05, 0) is 131 Å². The molecule has 4 aromatic heterocycles. The molecule has 80 heavy (non-hydrogen) atoms. The summed E-state index contributed by atoms with van der Waals surface area (Å²) in [6, 6.07) is 28.0. The van der Waals surface area contributed by atoms with Gasteiger partial charge in [-0.2, -0.15) is 0 Å². The molecule has 0 atom stereocenters. The number of rotatable bonds is 21. The largest absolute Gasteiger partial charge is 0.469 e. The van der Waals surface area contributed by atoms with E-state index < -0.39 is 8.07 Å². The number of nitrogens with zero attached hydrogens (tertiary/aromatic N) is 7. The number of esters is 2. The van der Waals surface area contributed by atoms with Crippen LogP contribution >= 0.6 is 0 Å². The summed E-state index contributed by atoms with van der Waals surface area (Å²) in [7, 11) is 1.43. The van der Waals surface area contributed by atoms with Gasteiger partial charge in [0.2, 0.25) is 0 Å². The first-order valence-corrected chi connectivity index (χ1v) is 29.3. The van der Waals surface area contributed by atoms with Crippen LogP contribution in [0.25, 0.3) is 45.6 Å². The number of anilines is 2. The van der Waals surface area contributed by atoms with Crippen LogP contribution < -0.4 is 10.6 Å². The van der Waals surface area contributed by atoms with E-state index in [-0.39, 0.29) is 84.1 Å². The first-order chi connectivity index (χ1) is 37.3. The molecule has 4 heterocycles. The van der Waals surface area contributed by atoms with Crippen molar-refractivity contribution >= 4 is 43.2 Å². The minimum Gasteiger partial charge on any atom is -0.469 e. The summed E-state index contributed by atoms with van der Waals surface area (Å²) in [6.45, 7) is 15.8. The van der Waals surface area contributed by atoms with Gasteiger partial charge in [0, 0.05) is 68.3 Å². The van der Waals surface area contributed by atoms with Crippen molar-refractivity contribution in [3.63, 3.8) is 0 Å². The fourth-order valence-corrected chi connectivity index (χ4v) is 8.87. The average molecular weight is 1120 g/mol. The lowest BCUT2D eigenvalue weighted by Crippen LogP contribution is -2.22. The molecule has 0 unspecified atom stereocenters. The summed E-state index contributed by atoms with van der Waals surface area (Å²) in [5.41, 5.74) is 7.84. The van der Waals surface area contributed by atoms with Crippen molar-refractivity contribution in [2.75, 3.05) is 31.5 Å². The van der Waals surface area contributed by atoms with E-state index >= 15 is 0 Å². The monoisotopic (exact) mass is 1120 g/mol. The smallest absolute Gasteiger partial charge is 0.305 e. The average Bonchev–Trinajstić information content (AvgIpc) is 4.42. The number of methoxy groups -OCH3 is 2. The van der Waals surface area contributed by atoms with E-state index in [0.29, 0.717) is 71.7 Å². The number of halogens is 3. The molecule has 17 nitrogen and oxygen atoms in total. The molecule has 0 saturated carbocycles. The van der Waals surface area contributed by atoms with Crippen molar-refractivity contribution in [3.8, 4) is 45.6 Å². The molecule has 0 aliphatic heterocycles. The Morgan fingerprint density at radius 1 is 0.650 bits per heavy atom. The quantitative estimate of drug-likeness (QED) is 0.0351. The zero-order valence-corrected chi connectivity index (χ0v) is 46.8. The number of aromatic nitrogens is 8. The van der Waals surface area contributed by atoms with Gasteiger partial charge in [0.15, 0.2) is 11.6 Å². The third kappa shape index (κ3) is 16.6. The summed E-state index contributed by atoms with van der Waals surface area (Å²) in [4.78, 5) is 70.5. The van der Waals surface area contributed by atoms with Crippen molar-refractivity contribution in [1.29, 1.82) is 0 Å². The number of benzene rings is 4. The molecule has 8 rings (SSSR count). The number of ether oxygens (including phenoxy) is 3. The van der Waals surface area contributed by atoms with Crippen molar-refractivity contribution in [2.45, 2.75) is 105 Å². The molecule has 0 fully saturated rings. The Morgan fingerprint density at radius 2 is 1.11 bits per heavy atom. The van der Waals surface area contributed by atoms with Crippen LogP contribution in [-0.2, 0) is 43.4 Å². The van der Waals surface area contributed by atoms with Crippen molar-refractivity contribution in [3.05, 3.63) is 156 Å². The maximum absolute atomic E-state index is 13.7. The first-order valence-electron chi connectivity index (χ1n) is 25.6. The van der Waals surface area contributed by atoms with E-state index in [0.717, 1.165) is 28.3 Å². The molecule has 0 spiro atoms. The van der Waals surface area contributed by atoms with E-state index in [9.17, 15) is 28.0 Å². The molecule has 21 heteroatoms. The van der Waals surface area contributed by atoms with Gasteiger partial charge in [0.1, 0.15) is 41.1 Å². The van der Waals surface area contributed by atoms with E-state index in [1.54, 1.807) is 67.4 Å². The van der Waals surface area contributed by atoms with Gasteiger partial charge < -0.3 is 43.5 Å². The molecule has 0 bridgehead atoms.